The number of hydrogen-bond acceptors (Lipinski definition) is 1. The van der Waals surface area contributed by atoms with E-state index in [-0.39, 0.29) is 17.6 Å². The molecule has 3 aromatic rings. The third-order valence-electron chi connectivity index (χ3n) is 6.22. The molecule has 1 aliphatic rings. The second-order valence-corrected chi connectivity index (χ2v) is 8.15. The maximum absolute atomic E-state index is 13.5. The molecule has 0 aliphatic heterocycles. The zero-order valence-corrected chi connectivity index (χ0v) is 17.0. The molecular formula is C25H29FN2O. The van der Waals surface area contributed by atoms with Crippen LogP contribution >= 0.6 is 0 Å². The maximum atomic E-state index is 13.5. The molecule has 1 aromatic heterocycles. The van der Waals surface area contributed by atoms with Crippen LogP contribution in [0.3, 0.4) is 0 Å². The molecule has 1 amide bonds. The van der Waals surface area contributed by atoms with Gasteiger partial charge in [0.15, 0.2) is 0 Å². The van der Waals surface area contributed by atoms with E-state index in [0.29, 0.717) is 12.5 Å². The number of aromatic amines is 1. The molecule has 1 atom stereocenters. The van der Waals surface area contributed by atoms with Crippen LogP contribution in [-0.4, -0.2) is 16.9 Å². The number of amides is 1. The first kappa shape index (κ1) is 19.7. The van der Waals surface area contributed by atoms with Crippen molar-refractivity contribution < 1.29 is 9.18 Å². The van der Waals surface area contributed by atoms with Gasteiger partial charge in [-0.25, -0.2) is 4.39 Å². The summed E-state index contributed by atoms with van der Waals surface area (Å²) in [4.78, 5) is 16.3. The van der Waals surface area contributed by atoms with Gasteiger partial charge in [-0.15, -0.1) is 0 Å². The minimum atomic E-state index is -0.258. The fourth-order valence-electron chi connectivity index (χ4n) is 4.64. The highest BCUT2D eigenvalue weighted by Crippen LogP contribution is 2.35. The Labute approximate surface area is 171 Å². The van der Waals surface area contributed by atoms with E-state index < -0.39 is 0 Å². The molecule has 0 radical (unpaired) electrons. The van der Waals surface area contributed by atoms with Crippen LogP contribution in [0.25, 0.3) is 10.9 Å². The molecule has 0 bridgehead atoms. The molecule has 2 N–H and O–H groups in total. The highest BCUT2D eigenvalue weighted by Gasteiger charge is 2.24. The van der Waals surface area contributed by atoms with Gasteiger partial charge in [0.1, 0.15) is 5.82 Å². The van der Waals surface area contributed by atoms with Gasteiger partial charge in [-0.05, 0) is 48.1 Å². The number of carbonyl (C=O) groups is 1. The van der Waals surface area contributed by atoms with Crippen molar-refractivity contribution in [1.82, 2.24) is 10.3 Å². The lowest BCUT2D eigenvalue weighted by Gasteiger charge is -2.24. The van der Waals surface area contributed by atoms with Crippen LogP contribution < -0.4 is 5.32 Å². The molecule has 4 heteroatoms. The van der Waals surface area contributed by atoms with Crippen molar-refractivity contribution in [3.8, 4) is 0 Å². The summed E-state index contributed by atoms with van der Waals surface area (Å²) in [6.07, 6.45) is 9.11. The molecule has 152 valence electrons. The van der Waals surface area contributed by atoms with Crippen molar-refractivity contribution in [2.24, 2.45) is 0 Å². The average molecular weight is 393 g/mol. The third-order valence-corrected chi connectivity index (χ3v) is 6.22. The van der Waals surface area contributed by atoms with Gasteiger partial charge in [-0.1, -0.05) is 56.5 Å². The lowest BCUT2D eigenvalue weighted by Crippen LogP contribution is -2.36. The van der Waals surface area contributed by atoms with Gasteiger partial charge in [0.05, 0.1) is 0 Å². The maximum Gasteiger partial charge on any atom is 0.221 e. The van der Waals surface area contributed by atoms with Gasteiger partial charge in [-0.2, -0.15) is 0 Å². The van der Waals surface area contributed by atoms with Crippen molar-refractivity contribution in [2.45, 2.75) is 63.8 Å². The molecule has 0 saturated heterocycles. The molecule has 1 saturated carbocycles. The number of benzene rings is 2. The minimum absolute atomic E-state index is 0.0761. The zero-order valence-electron chi connectivity index (χ0n) is 17.0. The number of fused-ring (bicyclic) bond motifs is 1. The summed E-state index contributed by atoms with van der Waals surface area (Å²) in [6, 6.07) is 13.2. The average Bonchev–Trinajstić information content (AvgIpc) is 3.17. The van der Waals surface area contributed by atoms with Crippen molar-refractivity contribution >= 4 is 16.8 Å². The predicted octanol–water partition coefficient (Wildman–Crippen LogP) is 5.84. The summed E-state index contributed by atoms with van der Waals surface area (Å²) >= 11 is 0. The number of hydrogen-bond donors (Lipinski definition) is 2. The molecule has 29 heavy (non-hydrogen) atoms. The highest BCUT2D eigenvalue weighted by molar-refractivity contribution is 5.88. The first-order valence-electron chi connectivity index (χ1n) is 10.8. The monoisotopic (exact) mass is 392 g/mol. The van der Waals surface area contributed by atoms with Crippen molar-refractivity contribution in [2.75, 3.05) is 0 Å². The van der Waals surface area contributed by atoms with Crippen LogP contribution in [0.15, 0.2) is 48.7 Å². The number of nitrogens with one attached hydrogen (secondary N) is 2. The highest BCUT2D eigenvalue weighted by atomic mass is 19.1. The van der Waals surface area contributed by atoms with E-state index in [1.165, 1.54) is 37.0 Å². The Kier molecular flexibility index (Phi) is 5.98. The first-order chi connectivity index (χ1) is 14.2. The van der Waals surface area contributed by atoms with Gasteiger partial charge in [0, 0.05) is 35.5 Å². The predicted molar refractivity (Wildman–Crippen MR) is 116 cm³/mol. The van der Waals surface area contributed by atoms with Gasteiger partial charge in [-0.3, -0.25) is 4.79 Å². The number of aryl methyl sites for hydroxylation is 1. The van der Waals surface area contributed by atoms with Gasteiger partial charge < -0.3 is 10.3 Å². The van der Waals surface area contributed by atoms with E-state index in [1.54, 1.807) is 12.1 Å². The van der Waals surface area contributed by atoms with E-state index in [4.69, 9.17) is 0 Å². The van der Waals surface area contributed by atoms with Crippen LogP contribution in [0.1, 0.15) is 68.1 Å². The Balaban J connectivity index is 1.65. The van der Waals surface area contributed by atoms with Crippen LogP contribution in [0, 0.1) is 5.82 Å². The van der Waals surface area contributed by atoms with Gasteiger partial charge in [0.25, 0.3) is 0 Å². The molecule has 4 rings (SSSR count). The van der Waals surface area contributed by atoms with Gasteiger partial charge in [0.2, 0.25) is 5.91 Å². The van der Waals surface area contributed by atoms with Crippen molar-refractivity contribution in [3.05, 3.63) is 71.2 Å². The molecule has 2 aromatic carbocycles. The molecule has 1 fully saturated rings. The lowest BCUT2D eigenvalue weighted by molar-refractivity contribution is -0.122. The standard InChI is InChI=1S/C25H29FN2O/c1-2-17-7-6-10-21-23(16-27-25(17)21)22(18-11-13-19(26)14-12-18)15-24(29)28-20-8-4-3-5-9-20/h6-7,10-14,16,20,22,27H,2-5,8-9,15H2,1H3,(H,28,29)/t22-/m0/s1. The number of H-pyrrole nitrogens is 1. The van der Waals surface area contributed by atoms with Crippen LogP contribution in [0.5, 0.6) is 0 Å². The van der Waals surface area contributed by atoms with Crippen LogP contribution in [-0.2, 0) is 11.2 Å². The summed E-state index contributed by atoms with van der Waals surface area (Å²) in [5.74, 6) is -0.293. The SMILES string of the molecule is CCc1cccc2c([C@@H](CC(=O)NC3CCCCC3)c3ccc(F)cc3)c[nH]c12. The number of halogens is 1. The molecule has 1 aliphatic carbocycles. The minimum Gasteiger partial charge on any atom is -0.361 e. The van der Waals surface area contributed by atoms with Crippen LogP contribution in [0.2, 0.25) is 0 Å². The second-order valence-electron chi connectivity index (χ2n) is 8.15. The summed E-state index contributed by atoms with van der Waals surface area (Å²) in [5, 5.41) is 4.38. The smallest absolute Gasteiger partial charge is 0.221 e. The van der Waals surface area contributed by atoms with Crippen LogP contribution in [0.4, 0.5) is 4.39 Å². The normalized spacial score (nSPS) is 16.1. The van der Waals surface area contributed by atoms with Gasteiger partial charge >= 0.3 is 0 Å². The topological polar surface area (TPSA) is 44.9 Å². The van der Waals surface area contributed by atoms with E-state index in [9.17, 15) is 9.18 Å². The summed E-state index contributed by atoms with van der Waals surface area (Å²) in [5.41, 5.74) is 4.46. The molecule has 0 unspecified atom stereocenters. The summed E-state index contributed by atoms with van der Waals surface area (Å²) in [7, 11) is 0. The van der Waals surface area contributed by atoms with E-state index in [1.807, 2.05) is 6.20 Å². The summed E-state index contributed by atoms with van der Waals surface area (Å²) in [6.45, 7) is 2.14. The fraction of sp³-hybridized carbons (Fsp3) is 0.400. The Morgan fingerprint density at radius 2 is 1.90 bits per heavy atom. The quantitative estimate of drug-likeness (QED) is 0.544. The fourth-order valence-corrected chi connectivity index (χ4v) is 4.64. The van der Waals surface area contributed by atoms with Crippen molar-refractivity contribution in [1.29, 1.82) is 0 Å². The Hall–Kier alpha value is -2.62. The molecule has 1 heterocycles. The molecule has 3 nitrogen and oxygen atoms in total. The number of rotatable bonds is 6. The third kappa shape index (κ3) is 4.36. The number of carbonyl (C=O) groups excluding carboxylic acids is 1. The lowest BCUT2D eigenvalue weighted by atomic mass is 9.87. The Morgan fingerprint density at radius 1 is 1.14 bits per heavy atom. The largest absolute Gasteiger partial charge is 0.361 e. The number of para-hydroxylation sites is 1. The zero-order chi connectivity index (χ0) is 20.2. The molecule has 0 spiro atoms. The number of aromatic nitrogens is 1. The van der Waals surface area contributed by atoms with Crippen molar-refractivity contribution in [3.63, 3.8) is 0 Å². The first-order valence-corrected chi connectivity index (χ1v) is 10.8. The van der Waals surface area contributed by atoms with E-state index in [2.05, 4.69) is 35.4 Å². The Morgan fingerprint density at radius 3 is 2.62 bits per heavy atom. The summed E-state index contributed by atoms with van der Waals surface area (Å²) < 4.78 is 13.5. The van der Waals surface area contributed by atoms with E-state index in [0.717, 1.165) is 41.3 Å². The Bertz CT molecular complexity index is 970. The van der Waals surface area contributed by atoms with E-state index >= 15 is 0 Å². The molecular weight excluding hydrogens is 363 g/mol. The second kappa shape index (κ2) is 8.81.